The van der Waals surface area contributed by atoms with Crippen LogP contribution in [0.25, 0.3) is 0 Å². The highest BCUT2D eigenvalue weighted by molar-refractivity contribution is 9.10. The monoisotopic (exact) mass is 363 g/mol. The van der Waals surface area contributed by atoms with Gasteiger partial charge in [0.25, 0.3) is 5.91 Å². The van der Waals surface area contributed by atoms with E-state index < -0.39 is 5.97 Å². The number of aliphatic carboxylic acids is 1. The molecular weight excluding hydrogens is 350 g/mol. The zero-order valence-corrected chi connectivity index (χ0v) is 13.2. The summed E-state index contributed by atoms with van der Waals surface area (Å²) in [6.45, 7) is -0.0987. The van der Waals surface area contributed by atoms with Crippen LogP contribution in [0.3, 0.4) is 0 Å². The molecule has 2 aromatic rings. The second kappa shape index (κ2) is 7.61. The van der Waals surface area contributed by atoms with Crippen LogP contribution in [0.15, 0.2) is 53.0 Å². The van der Waals surface area contributed by atoms with E-state index >= 15 is 0 Å². The third-order valence-corrected chi connectivity index (χ3v) is 3.31. The van der Waals surface area contributed by atoms with Gasteiger partial charge in [-0.1, -0.05) is 28.1 Å². The maximum Gasteiger partial charge on any atom is 0.307 e. The summed E-state index contributed by atoms with van der Waals surface area (Å²) in [5.41, 5.74) is 1.27. The van der Waals surface area contributed by atoms with Gasteiger partial charge in [0.1, 0.15) is 5.75 Å². The molecule has 0 fully saturated rings. The van der Waals surface area contributed by atoms with Crippen molar-refractivity contribution < 1.29 is 19.4 Å². The van der Waals surface area contributed by atoms with E-state index in [2.05, 4.69) is 21.2 Å². The van der Waals surface area contributed by atoms with Gasteiger partial charge in [0.15, 0.2) is 6.61 Å². The van der Waals surface area contributed by atoms with E-state index in [0.717, 1.165) is 4.47 Å². The first-order chi connectivity index (χ1) is 10.5. The van der Waals surface area contributed by atoms with Crippen molar-refractivity contribution in [3.63, 3.8) is 0 Å². The fourth-order valence-corrected chi connectivity index (χ4v) is 2.02. The zero-order valence-electron chi connectivity index (χ0n) is 11.6. The van der Waals surface area contributed by atoms with Gasteiger partial charge < -0.3 is 15.2 Å². The van der Waals surface area contributed by atoms with Crippen molar-refractivity contribution in [3.05, 3.63) is 58.6 Å². The van der Waals surface area contributed by atoms with Crippen LogP contribution in [0.1, 0.15) is 5.56 Å². The number of halogens is 1. The molecule has 0 saturated carbocycles. The molecule has 0 spiro atoms. The average molecular weight is 364 g/mol. The van der Waals surface area contributed by atoms with Crippen LogP contribution in [0.4, 0.5) is 5.69 Å². The van der Waals surface area contributed by atoms with E-state index in [9.17, 15) is 9.59 Å². The molecule has 0 heterocycles. The van der Waals surface area contributed by atoms with E-state index in [-0.39, 0.29) is 18.9 Å². The number of carbonyl (C=O) groups is 2. The SMILES string of the molecule is O=C(O)Cc1ccc(NC(=O)COc2ccc(Br)cc2)cc1. The molecule has 5 nitrogen and oxygen atoms in total. The van der Waals surface area contributed by atoms with Crippen LogP contribution in [0, 0.1) is 0 Å². The number of carboxylic acids is 1. The van der Waals surface area contributed by atoms with Crippen molar-refractivity contribution in [2.24, 2.45) is 0 Å². The predicted molar refractivity (Wildman–Crippen MR) is 86.0 cm³/mol. The molecule has 0 bridgehead atoms. The van der Waals surface area contributed by atoms with Crippen LogP contribution in [-0.4, -0.2) is 23.6 Å². The Labute approximate surface area is 136 Å². The summed E-state index contributed by atoms with van der Waals surface area (Å²) < 4.78 is 6.30. The van der Waals surface area contributed by atoms with Crippen LogP contribution < -0.4 is 10.1 Å². The van der Waals surface area contributed by atoms with Crippen molar-refractivity contribution in [1.82, 2.24) is 0 Å². The summed E-state index contributed by atoms with van der Waals surface area (Å²) in [6, 6.07) is 13.8. The highest BCUT2D eigenvalue weighted by atomic mass is 79.9. The highest BCUT2D eigenvalue weighted by Crippen LogP contribution is 2.16. The molecule has 6 heteroatoms. The first-order valence-corrected chi connectivity index (χ1v) is 7.31. The van der Waals surface area contributed by atoms with Gasteiger partial charge >= 0.3 is 5.97 Å². The summed E-state index contributed by atoms with van der Waals surface area (Å²) >= 11 is 3.32. The summed E-state index contributed by atoms with van der Waals surface area (Å²) in [4.78, 5) is 22.4. The number of benzene rings is 2. The van der Waals surface area contributed by atoms with Gasteiger partial charge in [-0.15, -0.1) is 0 Å². The Balaban J connectivity index is 1.83. The number of hydrogen-bond donors (Lipinski definition) is 2. The fourth-order valence-electron chi connectivity index (χ4n) is 1.76. The van der Waals surface area contributed by atoms with Gasteiger partial charge in [0, 0.05) is 10.2 Å². The standard InChI is InChI=1S/C16H14BrNO4/c17-12-3-7-14(8-4-12)22-10-15(19)18-13-5-1-11(2-6-13)9-16(20)21/h1-8H,9-10H2,(H,18,19)(H,20,21). The van der Waals surface area contributed by atoms with E-state index in [4.69, 9.17) is 9.84 Å². The Hall–Kier alpha value is -2.34. The van der Waals surface area contributed by atoms with E-state index in [0.29, 0.717) is 17.0 Å². The molecule has 2 N–H and O–H groups in total. The number of rotatable bonds is 6. The molecule has 2 aromatic carbocycles. The van der Waals surface area contributed by atoms with Gasteiger partial charge in [0.05, 0.1) is 6.42 Å². The highest BCUT2D eigenvalue weighted by Gasteiger charge is 2.05. The van der Waals surface area contributed by atoms with Crippen LogP contribution in [-0.2, 0) is 16.0 Å². The third kappa shape index (κ3) is 5.21. The normalized spacial score (nSPS) is 10.0. The maximum absolute atomic E-state index is 11.8. The molecule has 0 radical (unpaired) electrons. The lowest BCUT2D eigenvalue weighted by Crippen LogP contribution is -2.20. The Bertz CT molecular complexity index is 653. The number of ether oxygens (including phenoxy) is 1. The minimum atomic E-state index is -0.889. The number of hydrogen-bond acceptors (Lipinski definition) is 3. The zero-order chi connectivity index (χ0) is 15.9. The molecule has 0 aliphatic heterocycles. The summed E-state index contributed by atoms with van der Waals surface area (Å²) in [7, 11) is 0. The molecular formula is C16H14BrNO4. The Morgan fingerprint density at radius 1 is 1.05 bits per heavy atom. The van der Waals surface area contributed by atoms with Gasteiger partial charge in [0.2, 0.25) is 0 Å². The quantitative estimate of drug-likeness (QED) is 0.826. The number of carboxylic acid groups (broad SMARTS) is 1. The minimum absolute atomic E-state index is 0.0408. The molecule has 0 aromatic heterocycles. The van der Waals surface area contributed by atoms with Crippen molar-refractivity contribution in [2.75, 3.05) is 11.9 Å². The van der Waals surface area contributed by atoms with E-state index in [1.54, 1.807) is 36.4 Å². The Morgan fingerprint density at radius 2 is 1.68 bits per heavy atom. The van der Waals surface area contributed by atoms with Crippen molar-refractivity contribution >= 4 is 33.5 Å². The smallest absolute Gasteiger partial charge is 0.307 e. The first-order valence-electron chi connectivity index (χ1n) is 6.52. The van der Waals surface area contributed by atoms with Gasteiger partial charge in [-0.25, -0.2) is 0 Å². The number of anilines is 1. The molecule has 0 saturated heterocycles. The second-order valence-corrected chi connectivity index (χ2v) is 5.47. The number of carbonyl (C=O) groups excluding carboxylic acids is 1. The van der Waals surface area contributed by atoms with Crippen molar-refractivity contribution in [3.8, 4) is 5.75 Å². The fraction of sp³-hybridized carbons (Fsp3) is 0.125. The summed E-state index contributed by atoms with van der Waals surface area (Å²) in [5.74, 6) is -0.566. The molecule has 0 aliphatic carbocycles. The Morgan fingerprint density at radius 3 is 2.27 bits per heavy atom. The lowest BCUT2D eigenvalue weighted by molar-refractivity contribution is -0.136. The largest absolute Gasteiger partial charge is 0.484 e. The minimum Gasteiger partial charge on any atom is -0.484 e. The van der Waals surface area contributed by atoms with Gasteiger partial charge in [-0.2, -0.15) is 0 Å². The first kappa shape index (κ1) is 16.0. The summed E-state index contributed by atoms with van der Waals surface area (Å²) in [5, 5.41) is 11.4. The topological polar surface area (TPSA) is 75.6 Å². The second-order valence-electron chi connectivity index (χ2n) is 4.56. The molecule has 0 unspecified atom stereocenters. The van der Waals surface area contributed by atoms with Crippen LogP contribution in [0.2, 0.25) is 0 Å². The van der Waals surface area contributed by atoms with E-state index in [1.165, 1.54) is 0 Å². The average Bonchev–Trinajstić information content (AvgIpc) is 2.48. The molecule has 1 amide bonds. The Kier molecular flexibility index (Phi) is 5.55. The lowest BCUT2D eigenvalue weighted by Gasteiger charge is -2.08. The van der Waals surface area contributed by atoms with Gasteiger partial charge in [-0.05, 0) is 42.0 Å². The molecule has 0 aliphatic rings. The number of nitrogens with one attached hydrogen (secondary N) is 1. The maximum atomic E-state index is 11.8. The molecule has 114 valence electrons. The number of amides is 1. The van der Waals surface area contributed by atoms with Crippen LogP contribution >= 0.6 is 15.9 Å². The third-order valence-electron chi connectivity index (χ3n) is 2.78. The molecule has 22 heavy (non-hydrogen) atoms. The van der Waals surface area contributed by atoms with Gasteiger partial charge in [-0.3, -0.25) is 9.59 Å². The van der Waals surface area contributed by atoms with Crippen molar-refractivity contribution in [1.29, 1.82) is 0 Å². The predicted octanol–water partition coefficient (Wildman–Crippen LogP) is 3.09. The molecule has 0 atom stereocenters. The van der Waals surface area contributed by atoms with Crippen molar-refractivity contribution in [2.45, 2.75) is 6.42 Å². The van der Waals surface area contributed by atoms with E-state index in [1.807, 2.05) is 12.1 Å². The van der Waals surface area contributed by atoms with Crippen LogP contribution in [0.5, 0.6) is 5.75 Å². The molecule has 2 rings (SSSR count). The lowest BCUT2D eigenvalue weighted by atomic mass is 10.1. The summed E-state index contributed by atoms with van der Waals surface area (Å²) in [6.07, 6.45) is -0.0408.